The lowest BCUT2D eigenvalue weighted by Gasteiger charge is -2.20. The first-order valence-corrected chi connectivity index (χ1v) is 5.81. The number of rotatable bonds is 5. The number of hydrogen-bond acceptors (Lipinski definition) is 3. The van der Waals surface area contributed by atoms with Crippen LogP contribution in [0.3, 0.4) is 0 Å². The van der Waals surface area contributed by atoms with Gasteiger partial charge in [-0.3, -0.25) is 4.79 Å². The lowest BCUT2D eigenvalue weighted by molar-refractivity contribution is -0.127. The smallest absolute Gasteiger partial charge is 0.226 e. The molecule has 1 fully saturated rings. The number of carbonyl (C=O) groups is 1. The average molecular weight is 214 g/mol. The Hall–Kier alpha value is -0.610. The van der Waals surface area contributed by atoms with Gasteiger partial charge >= 0.3 is 0 Å². The van der Waals surface area contributed by atoms with E-state index >= 15 is 0 Å². The molecule has 1 amide bonds. The molecule has 1 aliphatic heterocycles. The van der Waals surface area contributed by atoms with E-state index < -0.39 is 0 Å². The van der Waals surface area contributed by atoms with Gasteiger partial charge in [-0.15, -0.1) is 0 Å². The predicted molar refractivity (Wildman–Crippen MR) is 59.4 cm³/mol. The summed E-state index contributed by atoms with van der Waals surface area (Å²) in [6, 6.07) is 0.121. The van der Waals surface area contributed by atoms with Crippen LogP contribution in [0.25, 0.3) is 0 Å². The molecule has 1 saturated heterocycles. The minimum Gasteiger partial charge on any atom is -0.378 e. The van der Waals surface area contributed by atoms with E-state index in [1.54, 1.807) is 0 Å². The van der Waals surface area contributed by atoms with Crippen molar-refractivity contribution in [2.75, 3.05) is 13.2 Å². The van der Waals surface area contributed by atoms with Crippen LogP contribution >= 0.6 is 0 Å². The molecule has 1 aliphatic rings. The summed E-state index contributed by atoms with van der Waals surface area (Å²) in [7, 11) is 0. The van der Waals surface area contributed by atoms with Crippen LogP contribution in [0.15, 0.2) is 0 Å². The van der Waals surface area contributed by atoms with E-state index in [0.29, 0.717) is 13.2 Å². The SMILES string of the molecule is CCCC(CN)NC(=O)C1CCOC1C. The monoisotopic (exact) mass is 214 g/mol. The summed E-state index contributed by atoms with van der Waals surface area (Å²) in [5, 5.41) is 3.00. The Kier molecular flexibility index (Phi) is 5.05. The second-order valence-corrected chi connectivity index (χ2v) is 4.20. The van der Waals surface area contributed by atoms with Crippen molar-refractivity contribution in [3.63, 3.8) is 0 Å². The van der Waals surface area contributed by atoms with Crippen LogP contribution < -0.4 is 11.1 Å². The van der Waals surface area contributed by atoms with E-state index in [9.17, 15) is 4.79 Å². The fraction of sp³-hybridized carbons (Fsp3) is 0.909. The van der Waals surface area contributed by atoms with Crippen molar-refractivity contribution in [2.24, 2.45) is 11.7 Å². The van der Waals surface area contributed by atoms with Crippen LogP contribution in [0.5, 0.6) is 0 Å². The molecule has 0 spiro atoms. The van der Waals surface area contributed by atoms with Gasteiger partial charge in [0.05, 0.1) is 12.0 Å². The van der Waals surface area contributed by atoms with Gasteiger partial charge in [0.15, 0.2) is 0 Å². The third-order valence-corrected chi connectivity index (χ3v) is 2.98. The van der Waals surface area contributed by atoms with Crippen molar-refractivity contribution in [1.29, 1.82) is 0 Å². The molecule has 88 valence electrons. The van der Waals surface area contributed by atoms with Crippen LogP contribution in [0, 0.1) is 5.92 Å². The van der Waals surface area contributed by atoms with Crippen molar-refractivity contribution in [1.82, 2.24) is 5.32 Å². The highest BCUT2D eigenvalue weighted by molar-refractivity contribution is 5.79. The second-order valence-electron chi connectivity index (χ2n) is 4.20. The maximum atomic E-state index is 11.9. The first-order valence-electron chi connectivity index (χ1n) is 5.81. The largest absolute Gasteiger partial charge is 0.378 e. The van der Waals surface area contributed by atoms with E-state index in [0.717, 1.165) is 19.3 Å². The van der Waals surface area contributed by atoms with Crippen LogP contribution in [0.4, 0.5) is 0 Å². The normalized spacial score (nSPS) is 27.7. The van der Waals surface area contributed by atoms with E-state index in [1.165, 1.54) is 0 Å². The number of hydrogen-bond donors (Lipinski definition) is 2. The third kappa shape index (κ3) is 3.47. The van der Waals surface area contributed by atoms with Gasteiger partial charge in [-0.25, -0.2) is 0 Å². The van der Waals surface area contributed by atoms with E-state index in [1.807, 2.05) is 6.92 Å². The Labute approximate surface area is 91.5 Å². The summed E-state index contributed by atoms with van der Waals surface area (Å²) in [5.74, 6) is 0.111. The van der Waals surface area contributed by atoms with Crippen molar-refractivity contribution < 1.29 is 9.53 Å². The lowest BCUT2D eigenvalue weighted by atomic mass is 10.0. The molecule has 15 heavy (non-hydrogen) atoms. The van der Waals surface area contributed by atoms with E-state index in [4.69, 9.17) is 10.5 Å². The van der Waals surface area contributed by atoms with Crippen LogP contribution in [-0.2, 0) is 9.53 Å². The Morgan fingerprint density at radius 2 is 2.40 bits per heavy atom. The predicted octanol–water partition coefficient (Wildman–Crippen LogP) is 0.655. The highest BCUT2D eigenvalue weighted by Gasteiger charge is 2.31. The molecule has 3 unspecified atom stereocenters. The van der Waals surface area contributed by atoms with Gasteiger partial charge in [-0.1, -0.05) is 13.3 Å². The van der Waals surface area contributed by atoms with Gasteiger partial charge in [-0.05, 0) is 19.8 Å². The molecule has 0 saturated carbocycles. The maximum Gasteiger partial charge on any atom is 0.226 e. The van der Waals surface area contributed by atoms with Gasteiger partial charge in [0, 0.05) is 19.2 Å². The molecule has 1 heterocycles. The molecule has 1 rings (SSSR count). The summed E-state index contributed by atoms with van der Waals surface area (Å²) in [4.78, 5) is 11.9. The summed E-state index contributed by atoms with van der Waals surface area (Å²) in [6.07, 6.45) is 2.87. The number of nitrogens with two attached hydrogens (primary N) is 1. The van der Waals surface area contributed by atoms with E-state index in [2.05, 4.69) is 12.2 Å². The zero-order chi connectivity index (χ0) is 11.3. The topological polar surface area (TPSA) is 64.3 Å². The van der Waals surface area contributed by atoms with Crippen molar-refractivity contribution in [3.05, 3.63) is 0 Å². The molecule has 0 aromatic carbocycles. The quantitative estimate of drug-likeness (QED) is 0.706. The summed E-state index contributed by atoms with van der Waals surface area (Å²) in [5.41, 5.74) is 5.59. The molecule has 0 aromatic heterocycles. The second kappa shape index (κ2) is 6.08. The standard InChI is InChI=1S/C11H22N2O2/c1-3-4-9(7-12)13-11(14)10-5-6-15-8(10)2/h8-10H,3-7,12H2,1-2H3,(H,13,14). The summed E-state index contributed by atoms with van der Waals surface area (Å²) < 4.78 is 5.37. The van der Waals surface area contributed by atoms with Crippen LogP contribution in [0.2, 0.25) is 0 Å². The number of nitrogens with one attached hydrogen (secondary N) is 1. The lowest BCUT2D eigenvalue weighted by Crippen LogP contribution is -2.44. The van der Waals surface area contributed by atoms with Crippen LogP contribution in [0.1, 0.15) is 33.1 Å². The first kappa shape index (κ1) is 12.5. The summed E-state index contributed by atoms with van der Waals surface area (Å²) in [6.45, 7) is 5.26. The molecular weight excluding hydrogens is 192 g/mol. The molecule has 3 atom stereocenters. The Bertz CT molecular complexity index is 209. The molecule has 0 bridgehead atoms. The third-order valence-electron chi connectivity index (χ3n) is 2.98. The van der Waals surface area contributed by atoms with Gasteiger partial charge in [0.25, 0.3) is 0 Å². The zero-order valence-corrected chi connectivity index (χ0v) is 9.66. The van der Waals surface area contributed by atoms with Crippen molar-refractivity contribution in [3.8, 4) is 0 Å². The fourth-order valence-electron chi connectivity index (χ4n) is 1.98. The molecular formula is C11H22N2O2. The van der Waals surface area contributed by atoms with Crippen molar-refractivity contribution in [2.45, 2.75) is 45.3 Å². The number of amides is 1. The Morgan fingerprint density at radius 3 is 2.87 bits per heavy atom. The Morgan fingerprint density at radius 1 is 1.67 bits per heavy atom. The minimum absolute atomic E-state index is 0.0101. The molecule has 0 radical (unpaired) electrons. The van der Waals surface area contributed by atoms with E-state index in [-0.39, 0.29) is 24.0 Å². The van der Waals surface area contributed by atoms with Gasteiger partial charge in [0.2, 0.25) is 5.91 Å². The first-order chi connectivity index (χ1) is 7.19. The van der Waals surface area contributed by atoms with Gasteiger partial charge < -0.3 is 15.8 Å². The molecule has 0 aliphatic carbocycles. The minimum atomic E-state index is 0.0101. The highest BCUT2D eigenvalue weighted by atomic mass is 16.5. The molecule has 3 N–H and O–H groups in total. The maximum absolute atomic E-state index is 11.9. The zero-order valence-electron chi connectivity index (χ0n) is 9.66. The number of carbonyl (C=O) groups excluding carboxylic acids is 1. The Balaban J connectivity index is 2.39. The summed E-state index contributed by atoms with van der Waals surface area (Å²) >= 11 is 0. The number of ether oxygens (including phenoxy) is 1. The van der Waals surface area contributed by atoms with Gasteiger partial charge in [0.1, 0.15) is 0 Å². The molecule has 4 nitrogen and oxygen atoms in total. The van der Waals surface area contributed by atoms with Crippen molar-refractivity contribution >= 4 is 5.91 Å². The van der Waals surface area contributed by atoms with Gasteiger partial charge in [-0.2, -0.15) is 0 Å². The fourth-order valence-corrected chi connectivity index (χ4v) is 1.98. The molecule has 0 aromatic rings. The molecule has 4 heteroatoms. The average Bonchev–Trinajstić information content (AvgIpc) is 2.63. The van der Waals surface area contributed by atoms with Crippen LogP contribution in [-0.4, -0.2) is 31.2 Å². The highest BCUT2D eigenvalue weighted by Crippen LogP contribution is 2.20.